The smallest absolute Gasteiger partial charge is 0.261 e. The van der Waals surface area contributed by atoms with Gasteiger partial charge in [-0.25, -0.2) is 4.98 Å². The van der Waals surface area contributed by atoms with Gasteiger partial charge in [-0.1, -0.05) is 24.3 Å². The van der Waals surface area contributed by atoms with Crippen molar-refractivity contribution in [3.8, 4) is 11.3 Å². The Labute approximate surface area is 177 Å². The van der Waals surface area contributed by atoms with Crippen LogP contribution in [-0.4, -0.2) is 34.2 Å². The molecule has 30 heavy (non-hydrogen) atoms. The molecule has 5 rings (SSSR count). The Hall–Kier alpha value is -3.32. The van der Waals surface area contributed by atoms with Gasteiger partial charge in [0, 0.05) is 23.9 Å². The lowest BCUT2D eigenvalue weighted by atomic mass is 10.1. The SMILES string of the molecule is O=C(CCN1C(=O)c2ccccc2C1=O)Nc1nc(-c2ccc3c(c2)CCC3)cs1. The molecule has 7 heteroatoms. The molecule has 0 bridgehead atoms. The summed E-state index contributed by atoms with van der Waals surface area (Å²) >= 11 is 1.36. The first-order chi connectivity index (χ1) is 14.6. The molecule has 1 N–H and O–H groups in total. The van der Waals surface area contributed by atoms with Crippen LogP contribution in [0.2, 0.25) is 0 Å². The molecule has 0 fully saturated rings. The van der Waals surface area contributed by atoms with E-state index in [1.807, 2.05) is 5.38 Å². The van der Waals surface area contributed by atoms with Crippen molar-refractivity contribution in [2.45, 2.75) is 25.7 Å². The highest BCUT2D eigenvalue weighted by atomic mass is 32.1. The Morgan fingerprint density at radius 2 is 1.77 bits per heavy atom. The van der Waals surface area contributed by atoms with Crippen molar-refractivity contribution >= 4 is 34.2 Å². The second-order valence-corrected chi connectivity index (χ2v) is 8.34. The minimum absolute atomic E-state index is 0.0270. The molecule has 0 radical (unpaired) electrons. The van der Waals surface area contributed by atoms with Gasteiger partial charge in [0.1, 0.15) is 0 Å². The maximum absolute atomic E-state index is 12.4. The van der Waals surface area contributed by atoms with Crippen molar-refractivity contribution < 1.29 is 14.4 Å². The number of anilines is 1. The molecule has 1 aliphatic carbocycles. The molecule has 0 atom stereocenters. The standard InChI is InChI=1S/C23H19N3O3S/c27-20(10-11-26-21(28)17-6-1-2-7-18(17)22(26)29)25-23-24-19(13-30-23)16-9-8-14-4-3-5-15(14)12-16/h1-2,6-9,12-13H,3-5,10-11H2,(H,24,25,27). The first-order valence-electron chi connectivity index (χ1n) is 9.93. The fourth-order valence-electron chi connectivity index (χ4n) is 4.03. The van der Waals surface area contributed by atoms with Gasteiger partial charge in [0.15, 0.2) is 5.13 Å². The summed E-state index contributed by atoms with van der Waals surface area (Å²) in [5, 5.41) is 5.22. The molecule has 0 saturated heterocycles. The van der Waals surface area contributed by atoms with E-state index in [1.54, 1.807) is 24.3 Å². The van der Waals surface area contributed by atoms with E-state index in [1.165, 1.54) is 28.9 Å². The maximum Gasteiger partial charge on any atom is 0.261 e. The number of carbonyl (C=O) groups excluding carboxylic acids is 3. The molecule has 0 spiro atoms. The molecule has 6 nitrogen and oxygen atoms in total. The molecule has 0 unspecified atom stereocenters. The van der Waals surface area contributed by atoms with E-state index in [0.717, 1.165) is 29.0 Å². The van der Waals surface area contributed by atoms with Crippen LogP contribution in [-0.2, 0) is 17.6 Å². The van der Waals surface area contributed by atoms with E-state index in [0.29, 0.717) is 16.3 Å². The lowest BCUT2D eigenvalue weighted by Gasteiger charge is -2.12. The zero-order valence-corrected chi connectivity index (χ0v) is 17.0. The van der Waals surface area contributed by atoms with Crippen LogP contribution in [0.15, 0.2) is 47.8 Å². The van der Waals surface area contributed by atoms with Crippen molar-refractivity contribution in [2.75, 3.05) is 11.9 Å². The molecule has 2 aliphatic rings. The number of benzene rings is 2. The molecule has 3 amide bonds. The number of hydrogen-bond acceptors (Lipinski definition) is 5. The quantitative estimate of drug-likeness (QED) is 0.638. The van der Waals surface area contributed by atoms with E-state index in [9.17, 15) is 14.4 Å². The molecule has 1 aromatic heterocycles. The number of thiazole rings is 1. The minimum Gasteiger partial charge on any atom is -0.302 e. The maximum atomic E-state index is 12.4. The van der Waals surface area contributed by atoms with Crippen LogP contribution < -0.4 is 5.32 Å². The first kappa shape index (κ1) is 18.7. The Kier molecular flexibility index (Phi) is 4.67. The molecular weight excluding hydrogens is 398 g/mol. The molecule has 1 aliphatic heterocycles. The fraction of sp³-hybridized carbons (Fsp3) is 0.217. The van der Waals surface area contributed by atoms with Crippen LogP contribution in [0.4, 0.5) is 5.13 Å². The van der Waals surface area contributed by atoms with Crippen LogP contribution in [0.3, 0.4) is 0 Å². The first-order valence-corrected chi connectivity index (χ1v) is 10.8. The predicted molar refractivity (Wildman–Crippen MR) is 115 cm³/mol. The summed E-state index contributed by atoms with van der Waals surface area (Å²) in [5.74, 6) is -0.977. The van der Waals surface area contributed by atoms with Crippen LogP contribution in [0.1, 0.15) is 44.7 Å². The highest BCUT2D eigenvalue weighted by Gasteiger charge is 2.35. The topological polar surface area (TPSA) is 79.4 Å². The summed E-state index contributed by atoms with van der Waals surface area (Å²) < 4.78 is 0. The zero-order chi connectivity index (χ0) is 20.7. The summed E-state index contributed by atoms with van der Waals surface area (Å²) in [7, 11) is 0. The Bertz CT molecular complexity index is 1150. The number of carbonyl (C=O) groups is 3. The van der Waals surface area contributed by atoms with Crippen molar-refractivity contribution in [3.63, 3.8) is 0 Å². The largest absolute Gasteiger partial charge is 0.302 e. The van der Waals surface area contributed by atoms with Crippen LogP contribution >= 0.6 is 11.3 Å². The van der Waals surface area contributed by atoms with Gasteiger partial charge in [-0.2, -0.15) is 0 Å². The molecule has 2 aromatic carbocycles. The summed E-state index contributed by atoms with van der Waals surface area (Å²) in [6, 6.07) is 13.1. The number of nitrogens with zero attached hydrogens (tertiary/aromatic N) is 2. The molecule has 3 aromatic rings. The summed E-state index contributed by atoms with van der Waals surface area (Å²) in [5.41, 5.74) is 5.47. The Morgan fingerprint density at radius 1 is 1.03 bits per heavy atom. The van der Waals surface area contributed by atoms with Gasteiger partial charge in [-0.05, 0) is 48.6 Å². The van der Waals surface area contributed by atoms with Gasteiger partial charge in [0.25, 0.3) is 11.8 Å². The normalized spacial score (nSPS) is 14.7. The van der Waals surface area contributed by atoms with E-state index in [4.69, 9.17) is 0 Å². The van der Waals surface area contributed by atoms with Crippen LogP contribution in [0.5, 0.6) is 0 Å². The van der Waals surface area contributed by atoms with Gasteiger partial charge in [0.05, 0.1) is 16.8 Å². The van der Waals surface area contributed by atoms with Crippen molar-refractivity contribution in [3.05, 3.63) is 70.1 Å². The average Bonchev–Trinajstić information content (AvgIpc) is 3.46. The number of aromatic nitrogens is 1. The van der Waals surface area contributed by atoms with Crippen molar-refractivity contribution in [1.82, 2.24) is 9.88 Å². The summed E-state index contributed by atoms with van der Waals surface area (Å²) in [6.07, 6.45) is 3.47. The lowest BCUT2D eigenvalue weighted by molar-refractivity contribution is -0.116. The Balaban J connectivity index is 1.21. The highest BCUT2D eigenvalue weighted by molar-refractivity contribution is 7.14. The van der Waals surface area contributed by atoms with Crippen LogP contribution in [0.25, 0.3) is 11.3 Å². The third-order valence-electron chi connectivity index (χ3n) is 5.59. The van der Waals surface area contributed by atoms with E-state index in [-0.39, 0.29) is 30.7 Å². The second kappa shape index (κ2) is 7.50. The van der Waals surface area contributed by atoms with Crippen molar-refractivity contribution in [1.29, 1.82) is 0 Å². The van der Waals surface area contributed by atoms with Crippen molar-refractivity contribution in [2.24, 2.45) is 0 Å². The van der Waals surface area contributed by atoms with E-state index < -0.39 is 0 Å². The number of amides is 3. The number of rotatable bonds is 5. The van der Waals surface area contributed by atoms with E-state index >= 15 is 0 Å². The molecule has 0 saturated carbocycles. The highest BCUT2D eigenvalue weighted by Crippen LogP contribution is 2.30. The molecular formula is C23H19N3O3S. The summed E-state index contributed by atoms with van der Waals surface area (Å²) in [4.78, 5) is 42.8. The summed E-state index contributed by atoms with van der Waals surface area (Å²) in [6.45, 7) is 0.0429. The average molecular weight is 417 g/mol. The third-order valence-corrected chi connectivity index (χ3v) is 6.34. The molecule has 150 valence electrons. The van der Waals surface area contributed by atoms with Gasteiger partial charge in [-0.15, -0.1) is 11.3 Å². The predicted octanol–water partition coefficient (Wildman–Crippen LogP) is 3.92. The van der Waals surface area contributed by atoms with E-state index in [2.05, 4.69) is 28.5 Å². The number of fused-ring (bicyclic) bond motifs is 2. The van der Waals surface area contributed by atoms with Gasteiger partial charge in [0.2, 0.25) is 5.91 Å². The van der Waals surface area contributed by atoms with Gasteiger partial charge in [-0.3, -0.25) is 19.3 Å². The zero-order valence-electron chi connectivity index (χ0n) is 16.2. The van der Waals surface area contributed by atoms with Gasteiger partial charge < -0.3 is 5.32 Å². The minimum atomic E-state index is -0.350. The monoisotopic (exact) mass is 417 g/mol. The third kappa shape index (κ3) is 3.31. The number of aryl methyl sites for hydroxylation is 2. The van der Waals surface area contributed by atoms with Gasteiger partial charge >= 0.3 is 0 Å². The number of nitrogens with one attached hydrogen (secondary N) is 1. The Morgan fingerprint density at radius 3 is 2.53 bits per heavy atom. The fourth-order valence-corrected chi connectivity index (χ4v) is 4.77. The lowest BCUT2D eigenvalue weighted by Crippen LogP contribution is -2.32. The number of hydrogen-bond donors (Lipinski definition) is 1. The number of imide groups is 1. The second-order valence-electron chi connectivity index (χ2n) is 7.48. The molecule has 2 heterocycles. The van der Waals surface area contributed by atoms with Crippen LogP contribution in [0, 0.1) is 0 Å².